The summed E-state index contributed by atoms with van der Waals surface area (Å²) >= 11 is 1.54. The van der Waals surface area contributed by atoms with Crippen molar-refractivity contribution in [2.45, 2.75) is 51.9 Å². The van der Waals surface area contributed by atoms with Gasteiger partial charge in [-0.05, 0) is 43.2 Å². The number of hydrogen-bond acceptors (Lipinski definition) is 4. The van der Waals surface area contributed by atoms with E-state index in [-0.39, 0.29) is 11.9 Å². The number of carbonyl (C=O) groups is 2. The minimum atomic E-state index is -0.304. The highest BCUT2D eigenvalue weighted by atomic mass is 32.1. The Morgan fingerprint density at radius 3 is 2.65 bits per heavy atom. The van der Waals surface area contributed by atoms with Gasteiger partial charge in [0.05, 0.1) is 18.6 Å². The molecule has 26 heavy (non-hydrogen) atoms. The first-order valence-corrected chi connectivity index (χ1v) is 10.2. The molecule has 0 fully saturated rings. The van der Waals surface area contributed by atoms with Gasteiger partial charge in [-0.1, -0.05) is 43.7 Å². The van der Waals surface area contributed by atoms with Crippen LogP contribution in [0.5, 0.6) is 0 Å². The Hall–Kier alpha value is -2.14. The molecule has 5 heteroatoms. The van der Waals surface area contributed by atoms with Crippen LogP contribution in [0.4, 0.5) is 5.00 Å². The number of nitrogens with one attached hydrogen (secondary N) is 1. The quantitative estimate of drug-likeness (QED) is 0.588. The molecule has 0 unspecified atom stereocenters. The Bertz CT molecular complexity index is 767. The lowest BCUT2D eigenvalue weighted by atomic mass is 10.1. The molecule has 4 nitrogen and oxygen atoms in total. The number of carbonyl (C=O) groups excluding carboxylic acids is 2. The fraction of sp³-hybridized carbons (Fsp3) is 0.429. The zero-order valence-electron chi connectivity index (χ0n) is 15.2. The summed E-state index contributed by atoms with van der Waals surface area (Å²) < 4.78 is 5.40. The lowest BCUT2D eigenvalue weighted by Crippen LogP contribution is -2.17. The molecule has 1 aliphatic rings. The van der Waals surface area contributed by atoms with Gasteiger partial charge < -0.3 is 10.1 Å². The number of thiophene rings is 1. The molecular formula is C21H25NO3S. The largest absolute Gasteiger partial charge is 0.462 e. The van der Waals surface area contributed by atoms with Gasteiger partial charge in [0.25, 0.3) is 0 Å². The summed E-state index contributed by atoms with van der Waals surface area (Å²) in [6.07, 6.45) is 6.34. The summed E-state index contributed by atoms with van der Waals surface area (Å²) in [5.41, 5.74) is 2.63. The smallest absolute Gasteiger partial charge is 0.341 e. The van der Waals surface area contributed by atoms with E-state index in [1.165, 1.54) is 11.3 Å². The highest BCUT2D eigenvalue weighted by Crippen LogP contribution is 2.38. The topological polar surface area (TPSA) is 55.4 Å². The van der Waals surface area contributed by atoms with Crippen LogP contribution in [0.1, 0.15) is 59.0 Å². The second-order valence-electron chi connectivity index (χ2n) is 6.62. The number of ether oxygens (including phenoxy) is 1. The van der Waals surface area contributed by atoms with Gasteiger partial charge in [-0.25, -0.2) is 4.79 Å². The van der Waals surface area contributed by atoms with Crippen LogP contribution < -0.4 is 5.32 Å². The van der Waals surface area contributed by atoms with Crippen molar-refractivity contribution in [3.05, 3.63) is 51.9 Å². The number of esters is 1. The molecule has 1 N–H and O–H groups in total. The summed E-state index contributed by atoms with van der Waals surface area (Å²) in [7, 11) is 0. The lowest BCUT2D eigenvalue weighted by Gasteiger charge is -2.09. The molecular weight excluding hydrogens is 346 g/mol. The van der Waals surface area contributed by atoms with Gasteiger partial charge in [-0.3, -0.25) is 4.79 Å². The van der Waals surface area contributed by atoms with Gasteiger partial charge >= 0.3 is 5.97 Å². The van der Waals surface area contributed by atoms with E-state index in [0.717, 1.165) is 43.2 Å². The molecule has 0 bridgehead atoms. The molecule has 1 heterocycles. The molecule has 0 atom stereocenters. The Labute approximate surface area is 158 Å². The van der Waals surface area contributed by atoms with E-state index in [1.54, 1.807) is 11.3 Å². The minimum Gasteiger partial charge on any atom is -0.462 e. The summed E-state index contributed by atoms with van der Waals surface area (Å²) in [4.78, 5) is 26.4. The first-order valence-electron chi connectivity index (χ1n) is 9.34. The average molecular weight is 372 g/mol. The third-order valence-corrected chi connectivity index (χ3v) is 5.73. The number of amides is 1. The van der Waals surface area contributed by atoms with Crippen molar-refractivity contribution >= 4 is 28.2 Å². The van der Waals surface area contributed by atoms with Crippen LogP contribution in [0.3, 0.4) is 0 Å². The average Bonchev–Trinajstić information content (AvgIpc) is 2.81. The van der Waals surface area contributed by atoms with Crippen molar-refractivity contribution in [1.82, 2.24) is 0 Å². The van der Waals surface area contributed by atoms with Crippen molar-refractivity contribution in [2.75, 3.05) is 11.9 Å². The lowest BCUT2D eigenvalue weighted by molar-refractivity contribution is -0.115. The monoisotopic (exact) mass is 371 g/mol. The predicted octanol–water partition coefficient (Wildman–Crippen LogP) is 4.77. The molecule has 0 aliphatic heterocycles. The van der Waals surface area contributed by atoms with Gasteiger partial charge in [0.15, 0.2) is 0 Å². The van der Waals surface area contributed by atoms with Crippen LogP contribution >= 0.6 is 11.3 Å². The summed E-state index contributed by atoms with van der Waals surface area (Å²) in [5.74, 6) is -0.404. The third-order valence-electron chi connectivity index (χ3n) is 4.52. The van der Waals surface area contributed by atoms with E-state index >= 15 is 0 Å². The highest BCUT2D eigenvalue weighted by Gasteiger charge is 2.26. The third kappa shape index (κ3) is 4.52. The zero-order valence-corrected chi connectivity index (χ0v) is 16.0. The van der Waals surface area contributed by atoms with E-state index in [4.69, 9.17) is 4.74 Å². The number of aryl methyl sites for hydroxylation is 1. The first-order chi connectivity index (χ1) is 12.7. The Morgan fingerprint density at radius 2 is 1.88 bits per heavy atom. The van der Waals surface area contributed by atoms with Gasteiger partial charge in [-0.15, -0.1) is 11.3 Å². The van der Waals surface area contributed by atoms with Crippen LogP contribution in [0.2, 0.25) is 0 Å². The molecule has 0 radical (unpaired) electrons. The number of anilines is 1. The summed E-state index contributed by atoms with van der Waals surface area (Å²) in [6, 6.07) is 9.63. The second-order valence-corrected chi connectivity index (χ2v) is 7.72. The van der Waals surface area contributed by atoms with Crippen molar-refractivity contribution in [2.24, 2.45) is 0 Å². The maximum Gasteiger partial charge on any atom is 0.341 e. The van der Waals surface area contributed by atoms with Crippen LogP contribution in [0.15, 0.2) is 30.3 Å². The standard InChI is InChI=1S/C21H25NO3S/c1-2-13-25-21(24)19-16-11-7-4-8-12-17(16)26-20(19)22-18(23)14-15-9-5-3-6-10-15/h3,5-6,9-10H,2,4,7-8,11-14H2,1H3,(H,22,23). The van der Waals surface area contributed by atoms with Crippen molar-refractivity contribution in [3.8, 4) is 0 Å². The van der Waals surface area contributed by atoms with E-state index in [1.807, 2.05) is 37.3 Å². The summed E-state index contributed by atoms with van der Waals surface area (Å²) in [6.45, 7) is 2.38. The fourth-order valence-electron chi connectivity index (χ4n) is 3.27. The normalized spacial score (nSPS) is 13.6. The molecule has 1 aromatic carbocycles. The number of rotatable bonds is 6. The van der Waals surface area contributed by atoms with Crippen molar-refractivity contribution in [1.29, 1.82) is 0 Å². The maximum absolute atomic E-state index is 12.6. The van der Waals surface area contributed by atoms with E-state index in [0.29, 0.717) is 23.6 Å². The van der Waals surface area contributed by atoms with E-state index < -0.39 is 0 Å². The zero-order chi connectivity index (χ0) is 18.4. The summed E-state index contributed by atoms with van der Waals surface area (Å²) in [5, 5.41) is 3.62. The fourth-order valence-corrected chi connectivity index (χ4v) is 4.56. The molecule has 2 aromatic rings. The van der Waals surface area contributed by atoms with E-state index in [9.17, 15) is 9.59 Å². The molecule has 3 rings (SSSR count). The number of hydrogen-bond donors (Lipinski definition) is 1. The van der Waals surface area contributed by atoms with Crippen molar-refractivity contribution < 1.29 is 14.3 Å². The van der Waals surface area contributed by atoms with Crippen LogP contribution in [0, 0.1) is 0 Å². The van der Waals surface area contributed by atoms with E-state index in [2.05, 4.69) is 5.32 Å². The minimum absolute atomic E-state index is 0.0999. The first kappa shape index (κ1) is 18.6. The molecule has 138 valence electrons. The van der Waals surface area contributed by atoms with Gasteiger partial charge in [0.2, 0.25) is 5.91 Å². The Balaban J connectivity index is 1.83. The molecule has 1 aromatic heterocycles. The van der Waals surface area contributed by atoms with Gasteiger partial charge in [0, 0.05) is 4.88 Å². The van der Waals surface area contributed by atoms with Gasteiger partial charge in [-0.2, -0.15) is 0 Å². The molecule has 0 saturated carbocycles. The Kier molecular flexibility index (Phi) is 6.45. The van der Waals surface area contributed by atoms with Crippen molar-refractivity contribution in [3.63, 3.8) is 0 Å². The predicted molar refractivity (Wildman–Crippen MR) is 105 cm³/mol. The number of benzene rings is 1. The number of fused-ring (bicyclic) bond motifs is 1. The molecule has 0 spiro atoms. The molecule has 0 saturated heterocycles. The second kappa shape index (κ2) is 8.99. The van der Waals surface area contributed by atoms with Gasteiger partial charge in [0.1, 0.15) is 5.00 Å². The SMILES string of the molecule is CCCOC(=O)c1c(NC(=O)Cc2ccccc2)sc2c1CCCCC2. The van der Waals surface area contributed by atoms with Crippen LogP contribution in [-0.4, -0.2) is 18.5 Å². The highest BCUT2D eigenvalue weighted by molar-refractivity contribution is 7.17. The maximum atomic E-state index is 12.6. The van der Waals surface area contributed by atoms with Crippen LogP contribution in [-0.2, 0) is 28.8 Å². The Morgan fingerprint density at radius 1 is 1.12 bits per heavy atom. The molecule has 1 aliphatic carbocycles. The molecule has 1 amide bonds. The van der Waals surface area contributed by atoms with Crippen LogP contribution in [0.25, 0.3) is 0 Å².